The van der Waals surface area contributed by atoms with E-state index in [-0.39, 0.29) is 5.56 Å². The molecule has 0 fully saturated rings. The smallest absolute Gasteiger partial charge is 0.355 e. The topological polar surface area (TPSA) is 142 Å². The molecule has 10 nitrogen and oxygen atoms in total. The Morgan fingerprint density at radius 3 is 2.87 bits per heavy atom. The van der Waals surface area contributed by atoms with Crippen LogP contribution >= 0.6 is 0 Å². The molecule has 0 atom stereocenters. The first-order chi connectivity index (χ1) is 11.0. The fraction of sp³-hybridized carbons (Fsp3) is 0.0769. The molecule has 1 aromatic carbocycles. The van der Waals surface area contributed by atoms with Gasteiger partial charge in [0.25, 0.3) is 5.91 Å². The van der Waals surface area contributed by atoms with Crippen molar-refractivity contribution in [2.45, 2.75) is 6.92 Å². The van der Waals surface area contributed by atoms with E-state index >= 15 is 0 Å². The average molecular weight is 313 g/mol. The van der Waals surface area contributed by atoms with E-state index in [0.29, 0.717) is 22.9 Å². The molecule has 2 heterocycles. The number of nitrogens with one attached hydrogen (secondary N) is 3. The van der Waals surface area contributed by atoms with Crippen molar-refractivity contribution in [3.63, 3.8) is 0 Å². The van der Waals surface area contributed by atoms with E-state index in [1.165, 1.54) is 0 Å². The zero-order chi connectivity index (χ0) is 16.4. The van der Waals surface area contributed by atoms with Gasteiger partial charge in [0.1, 0.15) is 5.82 Å². The molecule has 116 valence electrons. The fourth-order valence-electron chi connectivity index (χ4n) is 1.99. The Balaban J connectivity index is 1.84. The lowest BCUT2D eigenvalue weighted by Gasteiger charge is -2.05. The molecular formula is C13H11N7O3. The number of aryl methyl sites for hydroxylation is 1. The standard InChI is InChI=1S/C13H11N7O3/c1-7-15-11(18-17-7)8-3-2-4-9(5-8)16-13(21)10-6-14-19-12(10)20(22)23/h2-6H,1H3,(H,14,19)(H,16,21)(H,15,17,18). The highest BCUT2D eigenvalue weighted by Crippen LogP contribution is 2.21. The predicted octanol–water partition coefficient (Wildman–Crippen LogP) is 1.66. The van der Waals surface area contributed by atoms with Crippen LogP contribution in [0.4, 0.5) is 11.5 Å². The molecule has 0 aliphatic rings. The first-order valence-electron chi connectivity index (χ1n) is 6.53. The Morgan fingerprint density at radius 2 is 2.17 bits per heavy atom. The molecule has 0 radical (unpaired) electrons. The molecule has 3 aromatic rings. The van der Waals surface area contributed by atoms with Crippen molar-refractivity contribution >= 4 is 17.4 Å². The van der Waals surface area contributed by atoms with Crippen molar-refractivity contribution in [2.24, 2.45) is 0 Å². The number of aromatic amines is 2. The number of carbonyl (C=O) groups is 1. The fourth-order valence-corrected chi connectivity index (χ4v) is 1.99. The van der Waals surface area contributed by atoms with Gasteiger partial charge in [0.05, 0.1) is 6.20 Å². The number of nitrogens with zero attached hydrogens (tertiary/aromatic N) is 4. The number of anilines is 1. The number of rotatable bonds is 4. The van der Waals surface area contributed by atoms with Gasteiger partial charge in [-0.05, 0) is 24.0 Å². The Hall–Kier alpha value is -3.56. The summed E-state index contributed by atoms with van der Waals surface area (Å²) in [6.07, 6.45) is 1.11. The quantitative estimate of drug-likeness (QED) is 0.494. The highest BCUT2D eigenvalue weighted by molar-refractivity contribution is 6.06. The zero-order valence-corrected chi connectivity index (χ0v) is 11.9. The van der Waals surface area contributed by atoms with Gasteiger partial charge < -0.3 is 15.4 Å². The second kappa shape index (κ2) is 5.67. The number of nitro groups is 1. The molecule has 2 aromatic heterocycles. The Morgan fingerprint density at radius 1 is 1.35 bits per heavy atom. The number of hydrogen-bond donors (Lipinski definition) is 3. The van der Waals surface area contributed by atoms with Gasteiger partial charge in [-0.1, -0.05) is 17.2 Å². The highest BCUT2D eigenvalue weighted by atomic mass is 16.6. The lowest BCUT2D eigenvalue weighted by atomic mass is 10.2. The van der Waals surface area contributed by atoms with Crippen molar-refractivity contribution < 1.29 is 9.72 Å². The van der Waals surface area contributed by atoms with Crippen LogP contribution in [-0.2, 0) is 0 Å². The number of carbonyl (C=O) groups excluding carboxylic acids is 1. The molecule has 0 bridgehead atoms. The van der Waals surface area contributed by atoms with Crippen LogP contribution < -0.4 is 5.32 Å². The summed E-state index contributed by atoms with van der Waals surface area (Å²) in [4.78, 5) is 26.5. The third-order valence-corrected chi connectivity index (χ3v) is 3.02. The molecule has 10 heteroatoms. The third kappa shape index (κ3) is 2.90. The van der Waals surface area contributed by atoms with Crippen molar-refractivity contribution in [3.05, 3.63) is 52.0 Å². The maximum atomic E-state index is 12.1. The van der Waals surface area contributed by atoms with Crippen molar-refractivity contribution in [3.8, 4) is 11.4 Å². The molecular weight excluding hydrogens is 302 g/mol. The van der Waals surface area contributed by atoms with Gasteiger partial charge in [0, 0.05) is 11.3 Å². The van der Waals surface area contributed by atoms with Crippen LogP contribution in [0.25, 0.3) is 11.4 Å². The predicted molar refractivity (Wildman–Crippen MR) is 79.8 cm³/mol. The third-order valence-electron chi connectivity index (χ3n) is 3.02. The highest BCUT2D eigenvalue weighted by Gasteiger charge is 2.22. The van der Waals surface area contributed by atoms with Gasteiger partial charge in [-0.15, -0.1) is 5.10 Å². The van der Waals surface area contributed by atoms with Crippen LogP contribution in [0.1, 0.15) is 16.2 Å². The maximum Gasteiger partial charge on any atom is 0.355 e. The Labute approximate surface area is 129 Å². The molecule has 3 rings (SSSR count). The second-order valence-electron chi connectivity index (χ2n) is 4.67. The number of aromatic nitrogens is 5. The number of H-pyrrole nitrogens is 2. The van der Waals surface area contributed by atoms with Gasteiger partial charge in [0.15, 0.2) is 11.4 Å². The summed E-state index contributed by atoms with van der Waals surface area (Å²) in [5, 5.41) is 25.9. The van der Waals surface area contributed by atoms with Crippen LogP contribution in [0.2, 0.25) is 0 Å². The SMILES string of the molecule is Cc1nc(-c2cccc(NC(=O)c3cn[nH]c3[N+](=O)[O-])c2)n[nH]1. The monoisotopic (exact) mass is 313 g/mol. The number of amides is 1. The van der Waals surface area contributed by atoms with Crippen LogP contribution in [-0.4, -0.2) is 36.2 Å². The summed E-state index contributed by atoms with van der Waals surface area (Å²) in [5.74, 6) is 0.0772. The van der Waals surface area contributed by atoms with Crippen molar-refractivity contribution in [1.82, 2.24) is 25.4 Å². The van der Waals surface area contributed by atoms with Crippen LogP contribution in [0, 0.1) is 17.0 Å². The van der Waals surface area contributed by atoms with E-state index in [0.717, 1.165) is 6.20 Å². The van der Waals surface area contributed by atoms with E-state index in [4.69, 9.17) is 0 Å². The summed E-state index contributed by atoms with van der Waals surface area (Å²) < 4.78 is 0. The van der Waals surface area contributed by atoms with Gasteiger partial charge in [-0.25, -0.2) is 4.98 Å². The molecule has 23 heavy (non-hydrogen) atoms. The summed E-state index contributed by atoms with van der Waals surface area (Å²) >= 11 is 0. The number of hydrogen-bond acceptors (Lipinski definition) is 6. The van der Waals surface area contributed by atoms with Gasteiger partial charge in [-0.3, -0.25) is 9.89 Å². The van der Waals surface area contributed by atoms with Crippen LogP contribution in [0.5, 0.6) is 0 Å². The van der Waals surface area contributed by atoms with Gasteiger partial charge in [-0.2, -0.15) is 5.10 Å². The first kappa shape index (κ1) is 14.4. The lowest BCUT2D eigenvalue weighted by molar-refractivity contribution is -0.389. The van der Waals surface area contributed by atoms with Crippen molar-refractivity contribution in [1.29, 1.82) is 0 Å². The molecule has 0 unspecified atom stereocenters. The average Bonchev–Trinajstić information content (AvgIpc) is 3.16. The Bertz CT molecular complexity index is 883. The Kier molecular flexibility index (Phi) is 3.55. The number of benzene rings is 1. The molecule has 0 saturated heterocycles. The molecule has 3 N–H and O–H groups in total. The molecule has 1 amide bonds. The van der Waals surface area contributed by atoms with Crippen molar-refractivity contribution in [2.75, 3.05) is 5.32 Å². The minimum absolute atomic E-state index is 0.144. The van der Waals surface area contributed by atoms with Crippen LogP contribution in [0.15, 0.2) is 30.5 Å². The molecule has 0 aliphatic heterocycles. The van der Waals surface area contributed by atoms with E-state index in [2.05, 4.69) is 30.7 Å². The first-order valence-corrected chi connectivity index (χ1v) is 6.53. The summed E-state index contributed by atoms with van der Waals surface area (Å²) in [7, 11) is 0. The summed E-state index contributed by atoms with van der Waals surface area (Å²) in [5.41, 5.74) is 1.02. The molecule has 0 saturated carbocycles. The molecule has 0 spiro atoms. The minimum Gasteiger partial charge on any atom is -0.358 e. The second-order valence-corrected chi connectivity index (χ2v) is 4.67. The van der Waals surface area contributed by atoms with E-state index in [1.807, 2.05) is 0 Å². The van der Waals surface area contributed by atoms with E-state index in [1.54, 1.807) is 31.2 Å². The normalized spacial score (nSPS) is 10.5. The summed E-state index contributed by atoms with van der Waals surface area (Å²) in [6.45, 7) is 1.78. The summed E-state index contributed by atoms with van der Waals surface area (Å²) in [6, 6.07) is 6.85. The van der Waals surface area contributed by atoms with E-state index in [9.17, 15) is 14.9 Å². The van der Waals surface area contributed by atoms with Gasteiger partial charge >= 0.3 is 5.82 Å². The van der Waals surface area contributed by atoms with Gasteiger partial charge in [0.2, 0.25) is 0 Å². The van der Waals surface area contributed by atoms with E-state index < -0.39 is 16.6 Å². The maximum absolute atomic E-state index is 12.1. The lowest BCUT2D eigenvalue weighted by Crippen LogP contribution is -2.13. The zero-order valence-electron chi connectivity index (χ0n) is 11.9. The largest absolute Gasteiger partial charge is 0.358 e. The van der Waals surface area contributed by atoms with Crippen LogP contribution in [0.3, 0.4) is 0 Å². The minimum atomic E-state index is -0.700. The molecule has 0 aliphatic carbocycles.